The SMILES string of the molecule is NC(=O)C1Cc2ccccc2CN1C(=O)CCC(=O)c1ccc(Cl)s1. The topological polar surface area (TPSA) is 80.5 Å². The van der Waals surface area contributed by atoms with Gasteiger partial charge in [-0.3, -0.25) is 14.4 Å². The molecule has 2 heterocycles. The normalized spacial score (nSPS) is 16.4. The van der Waals surface area contributed by atoms with E-state index in [1.54, 1.807) is 12.1 Å². The summed E-state index contributed by atoms with van der Waals surface area (Å²) in [6, 6.07) is 10.3. The number of carbonyl (C=O) groups excluding carboxylic acids is 3. The van der Waals surface area contributed by atoms with E-state index < -0.39 is 11.9 Å². The summed E-state index contributed by atoms with van der Waals surface area (Å²) < 4.78 is 0.538. The molecule has 2 amide bonds. The number of nitrogens with two attached hydrogens (primary N) is 1. The van der Waals surface area contributed by atoms with Crippen LogP contribution in [0.3, 0.4) is 0 Å². The highest BCUT2D eigenvalue weighted by atomic mass is 35.5. The predicted octanol–water partition coefficient (Wildman–Crippen LogP) is 2.80. The van der Waals surface area contributed by atoms with Crippen molar-refractivity contribution >= 4 is 40.5 Å². The van der Waals surface area contributed by atoms with E-state index in [4.69, 9.17) is 17.3 Å². The minimum atomic E-state index is -0.673. The molecular formula is C18H17ClN2O3S. The minimum Gasteiger partial charge on any atom is -0.368 e. The standard InChI is InChI=1S/C18H17ClN2O3S/c19-16-7-6-15(25-16)14(22)5-8-17(23)21-10-12-4-2-1-3-11(12)9-13(21)18(20)24/h1-4,6-7,13H,5,8-10H2,(H2,20,24). The Morgan fingerprint density at radius 1 is 1.12 bits per heavy atom. The number of rotatable bonds is 5. The van der Waals surface area contributed by atoms with E-state index in [1.807, 2.05) is 24.3 Å². The predicted molar refractivity (Wildman–Crippen MR) is 96.6 cm³/mol. The van der Waals surface area contributed by atoms with Gasteiger partial charge in [-0.15, -0.1) is 11.3 Å². The van der Waals surface area contributed by atoms with Crippen LogP contribution in [-0.2, 0) is 22.6 Å². The molecule has 0 aliphatic carbocycles. The lowest BCUT2D eigenvalue weighted by atomic mass is 9.93. The van der Waals surface area contributed by atoms with Crippen LogP contribution in [0.2, 0.25) is 4.34 Å². The number of hydrogen-bond donors (Lipinski definition) is 1. The number of nitrogens with zero attached hydrogens (tertiary/aromatic N) is 1. The fourth-order valence-electron chi connectivity index (χ4n) is 2.99. The summed E-state index contributed by atoms with van der Waals surface area (Å²) in [6.45, 7) is 0.335. The second-order valence-electron chi connectivity index (χ2n) is 5.94. The minimum absolute atomic E-state index is 0.0420. The van der Waals surface area contributed by atoms with Gasteiger partial charge in [-0.05, 0) is 23.3 Å². The Morgan fingerprint density at radius 2 is 1.84 bits per heavy atom. The van der Waals surface area contributed by atoms with Crippen molar-refractivity contribution in [3.63, 3.8) is 0 Å². The number of benzene rings is 1. The van der Waals surface area contributed by atoms with E-state index in [-0.39, 0.29) is 24.5 Å². The Morgan fingerprint density at radius 3 is 2.48 bits per heavy atom. The Kier molecular flexibility index (Phi) is 5.20. The summed E-state index contributed by atoms with van der Waals surface area (Å²) in [4.78, 5) is 38.6. The van der Waals surface area contributed by atoms with Crippen molar-refractivity contribution in [1.29, 1.82) is 0 Å². The first kappa shape index (κ1) is 17.6. The van der Waals surface area contributed by atoms with Gasteiger partial charge in [0, 0.05) is 25.8 Å². The number of ketones is 1. The van der Waals surface area contributed by atoms with E-state index in [0.717, 1.165) is 11.1 Å². The molecule has 0 bridgehead atoms. The molecule has 5 nitrogen and oxygen atoms in total. The second kappa shape index (κ2) is 7.37. The molecule has 1 atom stereocenters. The van der Waals surface area contributed by atoms with Gasteiger partial charge in [0.15, 0.2) is 5.78 Å². The Hall–Kier alpha value is -2.18. The molecule has 3 rings (SSSR count). The second-order valence-corrected chi connectivity index (χ2v) is 7.65. The molecule has 1 aliphatic rings. The number of hydrogen-bond acceptors (Lipinski definition) is 4. The van der Waals surface area contributed by atoms with Crippen LogP contribution >= 0.6 is 22.9 Å². The number of primary amides is 1. The van der Waals surface area contributed by atoms with Gasteiger partial charge in [-0.2, -0.15) is 0 Å². The summed E-state index contributed by atoms with van der Waals surface area (Å²) in [5.41, 5.74) is 7.52. The Balaban J connectivity index is 1.69. The van der Waals surface area contributed by atoms with Crippen LogP contribution in [0.4, 0.5) is 0 Å². The zero-order valence-electron chi connectivity index (χ0n) is 13.4. The van der Waals surface area contributed by atoms with E-state index in [1.165, 1.54) is 16.2 Å². The molecule has 130 valence electrons. The van der Waals surface area contributed by atoms with E-state index in [9.17, 15) is 14.4 Å². The number of carbonyl (C=O) groups is 3. The van der Waals surface area contributed by atoms with Crippen LogP contribution in [0.15, 0.2) is 36.4 Å². The van der Waals surface area contributed by atoms with Gasteiger partial charge in [0.05, 0.1) is 9.21 Å². The summed E-state index contributed by atoms with van der Waals surface area (Å²) in [5, 5.41) is 0. The van der Waals surface area contributed by atoms with E-state index in [0.29, 0.717) is 22.2 Å². The van der Waals surface area contributed by atoms with Crippen molar-refractivity contribution in [2.45, 2.75) is 31.8 Å². The summed E-state index contributed by atoms with van der Waals surface area (Å²) in [7, 11) is 0. The Labute approximate surface area is 154 Å². The van der Waals surface area contributed by atoms with Gasteiger partial charge in [0.2, 0.25) is 11.8 Å². The molecule has 2 N–H and O–H groups in total. The fourth-order valence-corrected chi connectivity index (χ4v) is 4.00. The first-order chi connectivity index (χ1) is 12.0. The van der Waals surface area contributed by atoms with Gasteiger partial charge in [-0.1, -0.05) is 35.9 Å². The van der Waals surface area contributed by atoms with Crippen molar-refractivity contribution in [3.8, 4) is 0 Å². The molecule has 0 saturated heterocycles. The highest BCUT2D eigenvalue weighted by Gasteiger charge is 2.33. The molecule has 7 heteroatoms. The highest BCUT2D eigenvalue weighted by Crippen LogP contribution is 2.26. The van der Waals surface area contributed by atoms with Gasteiger partial charge in [0.1, 0.15) is 6.04 Å². The highest BCUT2D eigenvalue weighted by molar-refractivity contribution is 7.18. The molecule has 0 spiro atoms. The largest absolute Gasteiger partial charge is 0.368 e. The third-order valence-corrected chi connectivity index (χ3v) is 5.58. The quantitative estimate of drug-likeness (QED) is 0.815. The van der Waals surface area contributed by atoms with Crippen LogP contribution < -0.4 is 5.73 Å². The number of thiophene rings is 1. The molecule has 2 aromatic rings. The van der Waals surface area contributed by atoms with E-state index in [2.05, 4.69) is 0 Å². The van der Waals surface area contributed by atoms with Crippen molar-refractivity contribution in [2.75, 3.05) is 0 Å². The van der Waals surface area contributed by atoms with Crippen LogP contribution in [-0.4, -0.2) is 28.5 Å². The zero-order valence-corrected chi connectivity index (χ0v) is 15.0. The molecule has 0 radical (unpaired) electrons. The monoisotopic (exact) mass is 376 g/mol. The molecule has 0 saturated carbocycles. The van der Waals surface area contributed by atoms with Crippen molar-refractivity contribution in [3.05, 3.63) is 56.7 Å². The van der Waals surface area contributed by atoms with Crippen molar-refractivity contribution in [1.82, 2.24) is 4.90 Å². The van der Waals surface area contributed by atoms with E-state index >= 15 is 0 Å². The summed E-state index contributed by atoms with van der Waals surface area (Å²) in [6.07, 6.45) is 0.533. The van der Waals surface area contributed by atoms with Gasteiger partial charge in [-0.25, -0.2) is 0 Å². The maximum absolute atomic E-state index is 12.6. The van der Waals surface area contributed by atoms with Crippen LogP contribution in [0.5, 0.6) is 0 Å². The number of fused-ring (bicyclic) bond motifs is 1. The average Bonchev–Trinajstić information content (AvgIpc) is 3.04. The first-order valence-corrected chi connectivity index (χ1v) is 9.09. The molecule has 1 aliphatic heterocycles. The molecule has 1 unspecified atom stereocenters. The van der Waals surface area contributed by atoms with Gasteiger partial charge in [0.25, 0.3) is 0 Å². The summed E-state index contributed by atoms with van der Waals surface area (Å²) in [5.74, 6) is -0.896. The summed E-state index contributed by atoms with van der Waals surface area (Å²) >= 11 is 7.03. The number of halogens is 1. The lowest BCUT2D eigenvalue weighted by molar-refractivity contribution is -0.140. The van der Waals surface area contributed by atoms with Crippen LogP contribution in [0, 0.1) is 0 Å². The lowest BCUT2D eigenvalue weighted by Crippen LogP contribution is -2.51. The molecule has 25 heavy (non-hydrogen) atoms. The average molecular weight is 377 g/mol. The molecule has 1 aromatic carbocycles. The van der Waals surface area contributed by atoms with Crippen LogP contribution in [0.1, 0.15) is 33.6 Å². The maximum Gasteiger partial charge on any atom is 0.240 e. The molecular weight excluding hydrogens is 360 g/mol. The lowest BCUT2D eigenvalue weighted by Gasteiger charge is -2.35. The van der Waals surface area contributed by atoms with Crippen molar-refractivity contribution in [2.24, 2.45) is 5.73 Å². The smallest absolute Gasteiger partial charge is 0.240 e. The zero-order chi connectivity index (χ0) is 18.0. The number of amides is 2. The van der Waals surface area contributed by atoms with Gasteiger partial charge >= 0.3 is 0 Å². The first-order valence-electron chi connectivity index (χ1n) is 7.90. The third kappa shape index (κ3) is 3.91. The third-order valence-electron chi connectivity index (χ3n) is 4.31. The number of Topliss-reactive ketones (excluding diaryl/α,β-unsaturated/α-hetero) is 1. The van der Waals surface area contributed by atoms with Gasteiger partial charge < -0.3 is 10.6 Å². The maximum atomic E-state index is 12.6. The Bertz CT molecular complexity index is 833. The fraction of sp³-hybridized carbons (Fsp3) is 0.278. The molecule has 1 aromatic heterocycles. The van der Waals surface area contributed by atoms with Crippen molar-refractivity contribution < 1.29 is 14.4 Å². The van der Waals surface area contributed by atoms with Crippen LogP contribution in [0.25, 0.3) is 0 Å². The molecule has 0 fully saturated rings.